The molecule has 2 heterocycles. The normalized spacial score (nSPS) is 13.7. The third-order valence-electron chi connectivity index (χ3n) is 3.32. The molecule has 2 aromatic heterocycles. The number of nitrogens with zero attached hydrogens (tertiary/aromatic N) is 4. The van der Waals surface area contributed by atoms with Gasteiger partial charge in [0.1, 0.15) is 28.0 Å². The highest BCUT2D eigenvalue weighted by atomic mass is 32.2. The highest BCUT2D eigenvalue weighted by Crippen LogP contribution is 2.20. The zero-order chi connectivity index (χ0) is 16.4. The Balaban J connectivity index is 2.03. The molecule has 0 amide bonds. The summed E-state index contributed by atoms with van der Waals surface area (Å²) in [7, 11) is 0. The van der Waals surface area contributed by atoms with Crippen molar-refractivity contribution in [2.45, 2.75) is 25.5 Å². The number of rotatable bonds is 3. The van der Waals surface area contributed by atoms with Crippen molar-refractivity contribution < 1.29 is 4.55 Å². The minimum atomic E-state index is -1.32. The lowest BCUT2D eigenvalue weighted by Gasteiger charge is -2.17. The Kier molecular flexibility index (Phi) is 4.19. The molecule has 0 aliphatic heterocycles. The van der Waals surface area contributed by atoms with Crippen LogP contribution in [-0.2, 0) is 11.4 Å². The third kappa shape index (κ3) is 3.28. The largest absolute Gasteiger partial charge is 0.591 e. The number of pyridine rings is 1. The summed E-state index contributed by atoms with van der Waals surface area (Å²) in [5, 5.41) is 5.49. The van der Waals surface area contributed by atoms with Crippen molar-refractivity contribution in [2.24, 2.45) is 4.40 Å². The number of fused-ring (bicyclic) bond motifs is 1. The maximum absolute atomic E-state index is 12.1. The van der Waals surface area contributed by atoms with E-state index in [-0.39, 0.29) is 0 Å². The number of benzene rings is 1. The zero-order valence-electron chi connectivity index (χ0n) is 13.3. The zero-order valence-corrected chi connectivity index (χ0v) is 14.1. The molecule has 0 saturated carbocycles. The van der Waals surface area contributed by atoms with E-state index in [2.05, 4.69) is 14.5 Å². The number of hydrogen-bond acceptors (Lipinski definition) is 4. The van der Waals surface area contributed by atoms with E-state index in [9.17, 15) is 4.55 Å². The van der Waals surface area contributed by atoms with Gasteiger partial charge in [-0.25, -0.2) is 4.68 Å². The van der Waals surface area contributed by atoms with Crippen molar-refractivity contribution in [1.29, 1.82) is 0 Å². The molecule has 3 rings (SSSR count). The topological polar surface area (TPSA) is 66.1 Å². The van der Waals surface area contributed by atoms with Gasteiger partial charge in [-0.05, 0) is 39.0 Å². The Bertz CT molecular complexity index is 851. The van der Waals surface area contributed by atoms with Gasteiger partial charge in [0, 0.05) is 11.6 Å². The number of hydrogen-bond donors (Lipinski definition) is 0. The summed E-state index contributed by atoms with van der Waals surface area (Å²) >= 11 is -1.32. The SMILES string of the molecule is CC(C)(C)[S+]([O-])N=Cc1ncccc1-n1ncc2ccccc21. The maximum Gasteiger partial charge on any atom is 0.144 e. The quantitative estimate of drug-likeness (QED) is 0.548. The van der Waals surface area contributed by atoms with E-state index < -0.39 is 16.1 Å². The van der Waals surface area contributed by atoms with Crippen LogP contribution in [0.2, 0.25) is 0 Å². The van der Waals surface area contributed by atoms with E-state index >= 15 is 0 Å². The van der Waals surface area contributed by atoms with Gasteiger partial charge in [-0.3, -0.25) is 4.98 Å². The minimum absolute atomic E-state index is 0.399. The van der Waals surface area contributed by atoms with E-state index in [0.29, 0.717) is 5.69 Å². The second-order valence-electron chi connectivity index (χ2n) is 6.12. The molecule has 0 bridgehead atoms. The van der Waals surface area contributed by atoms with Crippen LogP contribution in [0.25, 0.3) is 16.6 Å². The highest BCUT2D eigenvalue weighted by molar-refractivity contribution is 7.91. The van der Waals surface area contributed by atoms with Crippen LogP contribution in [0.15, 0.2) is 53.2 Å². The van der Waals surface area contributed by atoms with Gasteiger partial charge in [-0.2, -0.15) is 5.10 Å². The van der Waals surface area contributed by atoms with Gasteiger partial charge < -0.3 is 4.55 Å². The van der Waals surface area contributed by atoms with Gasteiger partial charge in [0.05, 0.1) is 17.4 Å². The maximum atomic E-state index is 12.1. The lowest BCUT2D eigenvalue weighted by Crippen LogP contribution is -2.26. The molecule has 3 aromatic rings. The Morgan fingerprint density at radius 1 is 1.17 bits per heavy atom. The van der Waals surface area contributed by atoms with Crippen LogP contribution in [0.4, 0.5) is 0 Å². The lowest BCUT2D eigenvalue weighted by molar-refractivity contribution is 0.562. The molecule has 1 atom stereocenters. The molecule has 0 fully saturated rings. The molecule has 1 unspecified atom stereocenters. The summed E-state index contributed by atoms with van der Waals surface area (Å²) in [6.07, 6.45) is 5.07. The Labute approximate surface area is 138 Å². The molecular formula is C17H18N4OS. The van der Waals surface area contributed by atoms with Gasteiger partial charge in [-0.15, -0.1) is 0 Å². The van der Waals surface area contributed by atoms with Crippen molar-refractivity contribution >= 4 is 28.5 Å². The molecule has 118 valence electrons. The van der Waals surface area contributed by atoms with Crippen molar-refractivity contribution in [2.75, 3.05) is 0 Å². The van der Waals surface area contributed by atoms with E-state index in [1.54, 1.807) is 12.4 Å². The van der Waals surface area contributed by atoms with Gasteiger partial charge >= 0.3 is 0 Å². The van der Waals surface area contributed by atoms with Crippen LogP contribution in [0.5, 0.6) is 0 Å². The van der Waals surface area contributed by atoms with E-state index in [4.69, 9.17) is 0 Å². The van der Waals surface area contributed by atoms with Crippen LogP contribution in [-0.4, -0.2) is 30.3 Å². The highest BCUT2D eigenvalue weighted by Gasteiger charge is 2.26. The van der Waals surface area contributed by atoms with E-state index in [1.807, 2.05) is 68.0 Å². The van der Waals surface area contributed by atoms with E-state index in [0.717, 1.165) is 16.6 Å². The third-order valence-corrected chi connectivity index (χ3v) is 4.66. The van der Waals surface area contributed by atoms with Crippen LogP contribution >= 0.6 is 0 Å². The van der Waals surface area contributed by atoms with Gasteiger partial charge in [-0.1, -0.05) is 22.6 Å². The molecule has 0 spiro atoms. The molecule has 5 nitrogen and oxygen atoms in total. The molecule has 0 aliphatic carbocycles. The summed E-state index contributed by atoms with van der Waals surface area (Å²) in [6, 6.07) is 11.7. The van der Waals surface area contributed by atoms with Crippen molar-refractivity contribution in [3.05, 3.63) is 54.5 Å². The monoisotopic (exact) mass is 326 g/mol. The molecular weight excluding hydrogens is 308 g/mol. The fourth-order valence-electron chi connectivity index (χ4n) is 2.11. The second-order valence-corrected chi connectivity index (χ2v) is 8.05. The summed E-state index contributed by atoms with van der Waals surface area (Å²) in [4.78, 5) is 4.35. The summed E-state index contributed by atoms with van der Waals surface area (Å²) in [5.74, 6) is 0. The Morgan fingerprint density at radius 2 is 1.96 bits per heavy atom. The van der Waals surface area contributed by atoms with Gasteiger partial charge in [0.15, 0.2) is 0 Å². The fourth-order valence-corrected chi connectivity index (χ4v) is 2.62. The average Bonchev–Trinajstić information content (AvgIpc) is 2.96. The molecule has 6 heteroatoms. The molecule has 0 aliphatic rings. The van der Waals surface area contributed by atoms with Gasteiger partial charge in [0.2, 0.25) is 0 Å². The minimum Gasteiger partial charge on any atom is -0.591 e. The van der Waals surface area contributed by atoms with Crippen LogP contribution in [0, 0.1) is 0 Å². The Morgan fingerprint density at radius 3 is 2.74 bits per heavy atom. The molecule has 0 saturated heterocycles. The van der Waals surface area contributed by atoms with Crippen molar-refractivity contribution in [3.8, 4) is 5.69 Å². The first-order valence-electron chi connectivity index (χ1n) is 7.31. The first kappa shape index (κ1) is 15.7. The molecule has 0 radical (unpaired) electrons. The summed E-state index contributed by atoms with van der Waals surface area (Å²) in [5.41, 5.74) is 2.44. The fraction of sp³-hybridized carbons (Fsp3) is 0.235. The first-order valence-corrected chi connectivity index (χ1v) is 8.42. The number of aromatic nitrogens is 3. The second kappa shape index (κ2) is 6.14. The summed E-state index contributed by atoms with van der Waals surface area (Å²) in [6.45, 7) is 5.67. The van der Waals surface area contributed by atoms with Crippen molar-refractivity contribution in [1.82, 2.24) is 14.8 Å². The number of para-hydroxylation sites is 1. The predicted octanol–water partition coefficient (Wildman–Crippen LogP) is 3.30. The van der Waals surface area contributed by atoms with Crippen LogP contribution in [0.3, 0.4) is 0 Å². The van der Waals surface area contributed by atoms with Gasteiger partial charge in [0.25, 0.3) is 0 Å². The van der Waals surface area contributed by atoms with Crippen LogP contribution in [0.1, 0.15) is 26.5 Å². The first-order chi connectivity index (χ1) is 11.0. The smallest absolute Gasteiger partial charge is 0.144 e. The van der Waals surface area contributed by atoms with Crippen LogP contribution < -0.4 is 0 Å². The summed E-state index contributed by atoms with van der Waals surface area (Å²) < 4.78 is 17.7. The standard InChI is InChI=1S/C17H18N4OS/c1-17(2,3)23(22)20-12-14-16(9-6-10-18-14)21-15-8-5-4-7-13(15)11-19-21/h4-12H,1-3H3. The predicted molar refractivity (Wildman–Crippen MR) is 94.4 cm³/mol. The lowest BCUT2D eigenvalue weighted by atomic mass is 10.2. The molecule has 1 aromatic carbocycles. The molecule has 0 N–H and O–H groups in total. The van der Waals surface area contributed by atoms with E-state index in [1.165, 1.54) is 0 Å². The average molecular weight is 326 g/mol. The molecule has 23 heavy (non-hydrogen) atoms. The van der Waals surface area contributed by atoms with Crippen molar-refractivity contribution in [3.63, 3.8) is 0 Å². The Hall–Kier alpha value is -2.18.